The molecule has 1 saturated carbocycles. The van der Waals surface area contributed by atoms with Gasteiger partial charge in [-0.25, -0.2) is 4.98 Å². The lowest BCUT2D eigenvalue weighted by Gasteiger charge is -2.30. The molecular weight excluding hydrogens is 370 g/mol. The van der Waals surface area contributed by atoms with Gasteiger partial charge in [0.2, 0.25) is 5.95 Å². The van der Waals surface area contributed by atoms with E-state index in [0.717, 1.165) is 48.0 Å². The van der Waals surface area contributed by atoms with Gasteiger partial charge in [0.15, 0.2) is 0 Å². The van der Waals surface area contributed by atoms with Crippen LogP contribution in [0.1, 0.15) is 36.0 Å². The van der Waals surface area contributed by atoms with Crippen molar-refractivity contribution in [3.8, 4) is 0 Å². The van der Waals surface area contributed by atoms with Gasteiger partial charge in [-0.3, -0.25) is 4.79 Å². The minimum absolute atomic E-state index is 0.0335. The summed E-state index contributed by atoms with van der Waals surface area (Å²) in [4.78, 5) is 23.7. The Morgan fingerprint density at radius 1 is 1.07 bits per heavy atom. The molecule has 0 saturated heterocycles. The van der Waals surface area contributed by atoms with Crippen molar-refractivity contribution in [3.63, 3.8) is 0 Å². The molecule has 2 heterocycles. The second-order valence-corrected chi connectivity index (χ2v) is 8.24. The van der Waals surface area contributed by atoms with Gasteiger partial charge in [-0.2, -0.15) is 16.3 Å². The second-order valence-electron chi connectivity index (χ2n) is 7.46. The van der Waals surface area contributed by atoms with Gasteiger partial charge in [-0.1, -0.05) is 12.1 Å². The third-order valence-electron chi connectivity index (χ3n) is 5.19. The van der Waals surface area contributed by atoms with Crippen LogP contribution in [0.4, 0.5) is 11.8 Å². The Labute approximate surface area is 169 Å². The van der Waals surface area contributed by atoms with Crippen LogP contribution in [0.5, 0.6) is 0 Å². The van der Waals surface area contributed by atoms with Crippen molar-refractivity contribution in [2.75, 3.05) is 24.3 Å². The van der Waals surface area contributed by atoms with E-state index in [-0.39, 0.29) is 11.9 Å². The Hall–Kier alpha value is -2.67. The summed E-state index contributed by atoms with van der Waals surface area (Å²) in [6, 6.07) is 10.5. The van der Waals surface area contributed by atoms with E-state index in [2.05, 4.69) is 16.7 Å². The summed E-state index contributed by atoms with van der Waals surface area (Å²) >= 11 is 1.55. The van der Waals surface area contributed by atoms with Gasteiger partial charge in [-0.15, -0.1) is 0 Å². The van der Waals surface area contributed by atoms with E-state index in [1.807, 2.05) is 54.0 Å². The van der Waals surface area contributed by atoms with Crippen molar-refractivity contribution >= 4 is 39.9 Å². The van der Waals surface area contributed by atoms with Crippen LogP contribution < -0.4 is 15.5 Å². The van der Waals surface area contributed by atoms with E-state index in [1.165, 1.54) is 0 Å². The summed E-state index contributed by atoms with van der Waals surface area (Å²) in [5.41, 5.74) is 1.70. The molecule has 1 aromatic carbocycles. The minimum Gasteiger partial charge on any atom is -0.362 e. The number of carbonyl (C=O) groups excluding carboxylic acids is 1. The van der Waals surface area contributed by atoms with E-state index in [4.69, 9.17) is 9.97 Å². The third kappa shape index (κ3) is 4.09. The maximum atomic E-state index is 12.2. The maximum Gasteiger partial charge on any atom is 0.252 e. The highest BCUT2D eigenvalue weighted by Crippen LogP contribution is 2.26. The molecule has 1 fully saturated rings. The van der Waals surface area contributed by atoms with Crippen LogP contribution in [-0.4, -0.2) is 42.1 Å². The van der Waals surface area contributed by atoms with Crippen molar-refractivity contribution in [2.45, 2.75) is 37.8 Å². The molecule has 0 aliphatic heterocycles. The van der Waals surface area contributed by atoms with E-state index >= 15 is 0 Å². The van der Waals surface area contributed by atoms with Crippen LogP contribution in [0, 0.1) is 0 Å². The van der Waals surface area contributed by atoms with Gasteiger partial charge >= 0.3 is 0 Å². The number of hydrogen-bond donors (Lipinski definition) is 2. The summed E-state index contributed by atoms with van der Waals surface area (Å²) in [5.74, 6) is 1.63. The number of benzene rings is 1. The number of carbonyl (C=O) groups is 1. The van der Waals surface area contributed by atoms with Crippen LogP contribution >= 0.6 is 11.3 Å². The topological polar surface area (TPSA) is 70.2 Å². The zero-order valence-electron chi connectivity index (χ0n) is 16.2. The lowest BCUT2D eigenvalue weighted by Crippen LogP contribution is -2.40. The zero-order valence-corrected chi connectivity index (χ0v) is 17.0. The molecule has 6 nitrogen and oxygen atoms in total. The fraction of sp³-hybridized carbons (Fsp3) is 0.381. The molecule has 0 radical (unpaired) electrons. The van der Waals surface area contributed by atoms with Gasteiger partial charge in [0.1, 0.15) is 5.82 Å². The van der Waals surface area contributed by atoms with Crippen molar-refractivity contribution in [3.05, 3.63) is 46.7 Å². The Bertz CT molecular complexity index is 949. The number of thiophene rings is 1. The van der Waals surface area contributed by atoms with E-state index in [1.54, 1.807) is 11.3 Å². The molecule has 1 amide bonds. The largest absolute Gasteiger partial charge is 0.362 e. The average Bonchev–Trinajstić information content (AvgIpc) is 3.24. The van der Waals surface area contributed by atoms with Gasteiger partial charge in [0.25, 0.3) is 5.91 Å². The molecule has 28 heavy (non-hydrogen) atoms. The summed E-state index contributed by atoms with van der Waals surface area (Å²) in [6.45, 7) is 0. The first-order chi connectivity index (χ1) is 13.6. The number of hydrogen-bond acceptors (Lipinski definition) is 6. The predicted molar refractivity (Wildman–Crippen MR) is 115 cm³/mol. The first kappa shape index (κ1) is 18.7. The SMILES string of the molecule is CN(C)c1nc(NC2CCC(NC(=O)c3ccsc3)CC2)nc2ccccc12. The molecule has 0 spiro atoms. The molecule has 0 unspecified atom stereocenters. The molecule has 2 N–H and O–H groups in total. The molecule has 1 aliphatic carbocycles. The second kappa shape index (κ2) is 8.14. The third-order valence-corrected chi connectivity index (χ3v) is 5.87. The number of aromatic nitrogens is 2. The lowest BCUT2D eigenvalue weighted by atomic mass is 9.91. The quantitative estimate of drug-likeness (QED) is 0.685. The van der Waals surface area contributed by atoms with Gasteiger partial charge in [-0.05, 0) is 49.3 Å². The molecule has 0 bridgehead atoms. The molecule has 4 rings (SSSR count). The minimum atomic E-state index is 0.0335. The normalized spacial score (nSPS) is 19.4. The van der Waals surface area contributed by atoms with E-state index in [0.29, 0.717) is 12.0 Å². The Kier molecular flexibility index (Phi) is 5.43. The molecule has 146 valence electrons. The standard InChI is InChI=1S/C21H25N5OS/c1-26(2)19-17-5-3-4-6-18(17)24-21(25-19)23-16-9-7-15(8-10-16)22-20(27)14-11-12-28-13-14/h3-6,11-13,15-16H,7-10H2,1-2H3,(H,22,27)(H,23,24,25). The number of nitrogens with zero attached hydrogens (tertiary/aromatic N) is 3. The summed E-state index contributed by atoms with van der Waals surface area (Å²) < 4.78 is 0. The highest BCUT2D eigenvalue weighted by atomic mass is 32.1. The number of anilines is 2. The molecule has 7 heteroatoms. The Morgan fingerprint density at radius 2 is 1.82 bits per heavy atom. The zero-order chi connectivity index (χ0) is 19.5. The molecule has 0 atom stereocenters. The monoisotopic (exact) mass is 395 g/mol. The number of nitrogens with one attached hydrogen (secondary N) is 2. The average molecular weight is 396 g/mol. The van der Waals surface area contributed by atoms with E-state index < -0.39 is 0 Å². The molecular formula is C21H25N5OS. The van der Waals surface area contributed by atoms with E-state index in [9.17, 15) is 4.79 Å². The number of amides is 1. The number of rotatable bonds is 5. The highest BCUT2D eigenvalue weighted by Gasteiger charge is 2.23. The fourth-order valence-electron chi connectivity index (χ4n) is 3.69. The van der Waals surface area contributed by atoms with Gasteiger partial charge in [0, 0.05) is 42.5 Å². The van der Waals surface area contributed by atoms with Crippen LogP contribution in [-0.2, 0) is 0 Å². The number of fused-ring (bicyclic) bond motifs is 1. The maximum absolute atomic E-state index is 12.2. The Balaban J connectivity index is 1.39. The van der Waals surface area contributed by atoms with Crippen molar-refractivity contribution in [2.24, 2.45) is 0 Å². The molecule has 3 aromatic rings. The van der Waals surface area contributed by atoms with Crippen LogP contribution in [0.2, 0.25) is 0 Å². The predicted octanol–water partition coefficient (Wildman–Crippen LogP) is 3.91. The van der Waals surface area contributed by atoms with Crippen LogP contribution in [0.25, 0.3) is 10.9 Å². The fourth-order valence-corrected chi connectivity index (χ4v) is 4.33. The highest BCUT2D eigenvalue weighted by molar-refractivity contribution is 7.08. The first-order valence-electron chi connectivity index (χ1n) is 9.64. The van der Waals surface area contributed by atoms with Crippen molar-refractivity contribution in [1.82, 2.24) is 15.3 Å². The van der Waals surface area contributed by atoms with Crippen LogP contribution in [0.3, 0.4) is 0 Å². The Morgan fingerprint density at radius 3 is 2.54 bits per heavy atom. The van der Waals surface area contributed by atoms with Crippen molar-refractivity contribution in [1.29, 1.82) is 0 Å². The summed E-state index contributed by atoms with van der Waals surface area (Å²) in [5, 5.41) is 11.5. The molecule has 2 aromatic heterocycles. The van der Waals surface area contributed by atoms with Crippen molar-refractivity contribution < 1.29 is 4.79 Å². The smallest absolute Gasteiger partial charge is 0.252 e. The van der Waals surface area contributed by atoms with Gasteiger partial charge < -0.3 is 15.5 Å². The van der Waals surface area contributed by atoms with Crippen LogP contribution in [0.15, 0.2) is 41.1 Å². The number of para-hydroxylation sites is 1. The van der Waals surface area contributed by atoms with Gasteiger partial charge in [0.05, 0.1) is 5.52 Å². The first-order valence-corrected chi connectivity index (χ1v) is 10.6. The summed E-state index contributed by atoms with van der Waals surface area (Å²) in [6.07, 6.45) is 3.90. The lowest BCUT2D eigenvalue weighted by molar-refractivity contribution is 0.0927. The summed E-state index contributed by atoms with van der Waals surface area (Å²) in [7, 11) is 4.00. The molecule has 1 aliphatic rings.